The zero-order chi connectivity index (χ0) is 38.6. The minimum absolute atomic E-state index is 0.0603. The number of anilines is 1. The molecule has 3 aliphatic rings. The summed E-state index contributed by atoms with van der Waals surface area (Å²) in [6.45, 7) is 0.0993. The lowest BCUT2D eigenvalue weighted by molar-refractivity contribution is -0.0504. The summed E-state index contributed by atoms with van der Waals surface area (Å²) in [6.07, 6.45) is -1.57. The quantitative estimate of drug-likeness (QED) is 0.0542. The molecule has 0 unspecified atom stereocenters. The molecule has 2 aromatic heterocycles. The van der Waals surface area contributed by atoms with Gasteiger partial charge < -0.3 is 55.1 Å². The van der Waals surface area contributed by atoms with Crippen LogP contribution in [0.1, 0.15) is 56.5 Å². The minimum Gasteiger partial charge on any atom is -0.508 e. The van der Waals surface area contributed by atoms with Gasteiger partial charge in [-0.05, 0) is 49.2 Å². The topological polar surface area (TPSA) is 277 Å². The summed E-state index contributed by atoms with van der Waals surface area (Å²) in [4.78, 5) is 57.3. The number of carbonyl (C=O) groups excluding carboxylic acids is 2. The molecule has 20 heteroatoms. The number of fused-ring (bicyclic) bond motifs is 7. The van der Waals surface area contributed by atoms with E-state index in [1.165, 1.54) is 47.6 Å². The number of benzene rings is 3. The highest BCUT2D eigenvalue weighted by molar-refractivity contribution is 7.46. The smallest absolute Gasteiger partial charge is 0.469 e. The van der Waals surface area contributed by atoms with E-state index in [4.69, 9.17) is 24.0 Å². The molecule has 8 rings (SSSR count). The van der Waals surface area contributed by atoms with Crippen molar-refractivity contribution in [1.82, 2.24) is 24.8 Å². The summed E-state index contributed by atoms with van der Waals surface area (Å²) < 4.78 is 34.6. The summed E-state index contributed by atoms with van der Waals surface area (Å²) >= 11 is 0. The van der Waals surface area contributed by atoms with Gasteiger partial charge in [0, 0.05) is 47.5 Å². The Hall–Kier alpha value is -5.66. The van der Waals surface area contributed by atoms with Crippen LogP contribution in [0.3, 0.4) is 0 Å². The van der Waals surface area contributed by atoms with Crippen molar-refractivity contribution in [3.05, 3.63) is 95.1 Å². The lowest BCUT2D eigenvalue weighted by Gasteiger charge is -2.36. The van der Waals surface area contributed by atoms with Crippen molar-refractivity contribution in [3.8, 4) is 23.0 Å². The van der Waals surface area contributed by atoms with E-state index in [9.17, 15) is 34.6 Å². The fourth-order valence-electron chi connectivity index (χ4n) is 7.04. The summed E-state index contributed by atoms with van der Waals surface area (Å²) in [5.74, 6) is -0.291. The Morgan fingerprint density at radius 3 is 2.31 bits per heavy atom. The highest BCUT2D eigenvalue weighted by Gasteiger charge is 2.54. The zero-order valence-corrected chi connectivity index (χ0v) is 29.4. The fourth-order valence-corrected chi connectivity index (χ4v) is 7.38. The van der Waals surface area contributed by atoms with Crippen LogP contribution < -0.4 is 15.4 Å². The number of hydrogen-bond acceptors (Lipinski definition) is 15. The molecule has 286 valence electrons. The summed E-state index contributed by atoms with van der Waals surface area (Å²) in [7, 11) is -4.83. The van der Waals surface area contributed by atoms with Crippen LogP contribution in [0.4, 0.5) is 5.82 Å². The number of rotatable bonds is 11. The van der Waals surface area contributed by atoms with Crippen LogP contribution in [0.25, 0.3) is 11.2 Å². The maximum Gasteiger partial charge on any atom is 0.469 e. The number of unbranched alkanes of at least 4 members (excludes halogenated alkanes) is 1. The Bertz CT molecular complexity index is 2330. The number of aromatic hydroxyl groups is 2. The van der Waals surface area contributed by atoms with Crippen LogP contribution in [0.2, 0.25) is 0 Å². The predicted molar refractivity (Wildman–Crippen MR) is 187 cm³/mol. The third-order valence-electron chi connectivity index (χ3n) is 9.59. The maximum atomic E-state index is 13.4. The molecule has 8 N–H and O–H groups in total. The van der Waals surface area contributed by atoms with Crippen molar-refractivity contribution in [3.63, 3.8) is 0 Å². The van der Waals surface area contributed by atoms with Crippen LogP contribution >= 0.6 is 7.82 Å². The van der Waals surface area contributed by atoms with Gasteiger partial charge in [-0.3, -0.25) is 13.9 Å². The molecule has 5 heterocycles. The van der Waals surface area contributed by atoms with Crippen LogP contribution in [0.15, 0.2) is 67.3 Å². The van der Waals surface area contributed by atoms with Gasteiger partial charge in [-0.15, -0.1) is 0 Å². The Morgan fingerprint density at radius 1 is 0.909 bits per heavy atom. The van der Waals surface area contributed by atoms with Gasteiger partial charge in [0.25, 0.3) is 5.91 Å². The van der Waals surface area contributed by atoms with Gasteiger partial charge in [0.2, 0.25) is 0 Å². The highest BCUT2D eigenvalue weighted by Crippen LogP contribution is 2.57. The first-order valence-electron chi connectivity index (χ1n) is 17.0. The normalized spacial score (nSPS) is 20.8. The molecule has 5 aromatic rings. The van der Waals surface area contributed by atoms with Gasteiger partial charge in [-0.2, -0.15) is 0 Å². The first kappa shape index (κ1) is 36.3. The van der Waals surface area contributed by atoms with Gasteiger partial charge in [-0.1, -0.05) is 6.07 Å². The number of ether oxygens (including phenoxy) is 3. The second-order valence-electron chi connectivity index (χ2n) is 13.1. The maximum absolute atomic E-state index is 13.4. The van der Waals surface area contributed by atoms with Crippen LogP contribution in [0, 0.1) is 0 Å². The van der Waals surface area contributed by atoms with E-state index in [0.29, 0.717) is 54.0 Å². The van der Waals surface area contributed by atoms with Crippen LogP contribution in [-0.2, 0) is 24.2 Å². The molecule has 0 saturated carbocycles. The number of phenols is 2. The van der Waals surface area contributed by atoms with Crippen molar-refractivity contribution in [1.29, 1.82) is 0 Å². The van der Waals surface area contributed by atoms with Gasteiger partial charge in [0.1, 0.15) is 47.6 Å². The van der Waals surface area contributed by atoms with E-state index in [1.807, 2.05) is 0 Å². The number of phenolic OH excluding ortho intramolecular Hbond substituents is 2. The first-order valence-corrected chi connectivity index (χ1v) is 18.5. The van der Waals surface area contributed by atoms with Gasteiger partial charge in [0.15, 0.2) is 28.8 Å². The molecule has 1 fully saturated rings. The third kappa shape index (κ3) is 6.50. The Balaban J connectivity index is 0.890. The molecule has 0 bridgehead atoms. The second-order valence-corrected chi connectivity index (χ2v) is 14.3. The number of aliphatic hydroxyl groups is 2. The number of carbonyl (C=O) groups is 2. The molecule has 55 heavy (non-hydrogen) atoms. The summed E-state index contributed by atoms with van der Waals surface area (Å²) in [6, 6.07) is 13.7. The molecular formula is C35H33N6O13P. The van der Waals surface area contributed by atoms with Gasteiger partial charge >= 0.3 is 13.8 Å². The first-order chi connectivity index (χ1) is 26.3. The number of nitrogens with zero attached hydrogens (tertiary/aromatic N) is 4. The number of hydrogen-bond donors (Lipinski definition) is 8. The molecule has 3 aromatic carbocycles. The van der Waals surface area contributed by atoms with E-state index < -0.39 is 56.4 Å². The predicted octanol–water partition coefficient (Wildman–Crippen LogP) is 2.16. The standard InChI is InChI=1S/C35H33N6O13P/c42-18-4-7-22-24(12-18)52-25-13-19(43)5-8-23(25)35(22)21-6-3-17(11-20(21)34(47)54-35)32(46)37-10-2-1-9-36-30-27-31(39-15-38-30)41(16-40-27)33-29(45)28(44)26(53-33)14-51-55(48,49)50/h3-8,11-13,15-16,26,28-29,33,42-45H,1-2,9-10,14H2,(H,37,46)(H,36,38,39)(H2,48,49,50)/t26-,28-,29-,33-/m1/s1. The summed E-state index contributed by atoms with van der Waals surface area (Å²) in [5, 5.41) is 47.2. The van der Waals surface area contributed by atoms with E-state index >= 15 is 0 Å². The minimum atomic E-state index is -4.83. The van der Waals surface area contributed by atoms with E-state index in [0.717, 1.165) is 0 Å². The second kappa shape index (κ2) is 13.9. The Labute approximate surface area is 310 Å². The number of amides is 1. The molecule has 0 aliphatic carbocycles. The largest absolute Gasteiger partial charge is 0.508 e. The van der Waals surface area contributed by atoms with Crippen LogP contribution in [0.5, 0.6) is 23.0 Å². The zero-order valence-electron chi connectivity index (χ0n) is 28.5. The van der Waals surface area contributed by atoms with Crippen molar-refractivity contribution in [2.75, 3.05) is 25.0 Å². The Kier molecular flexibility index (Phi) is 9.17. The third-order valence-corrected chi connectivity index (χ3v) is 10.1. The average Bonchev–Trinajstić information content (AvgIpc) is 3.80. The van der Waals surface area contributed by atoms with E-state index in [-0.39, 0.29) is 39.8 Å². The molecule has 3 aliphatic heterocycles. The van der Waals surface area contributed by atoms with Crippen molar-refractivity contribution in [2.24, 2.45) is 0 Å². The molecule has 1 amide bonds. The fraction of sp³-hybridized carbons (Fsp3) is 0.286. The molecule has 1 spiro atoms. The number of esters is 1. The summed E-state index contributed by atoms with van der Waals surface area (Å²) in [5.41, 5.74) is 1.04. The van der Waals surface area contributed by atoms with E-state index in [2.05, 4.69) is 30.1 Å². The monoisotopic (exact) mass is 776 g/mol. The van der Waals surface area contributed by atoms with Crippen molar-refractivity contribution in [2.45, 2.75) is 43.0 Å². The lowest BCUT2D eigenvalue weighted by Crippen LogP contribution is -2.33. The van der Waals surface area contributed by atoms with Gasteiger partial charge in [0.05, 0.1) is 18.5 Å². The van der Waals surface area contributed by atoms with Crippen LogP contribution in [-0.4, -0.2) is 99.6 Å². The number of aromatic nitrogens is 4. The number of phosphoric acid groups is 1. The van der Waals surface area contributed by atoms with Crippen molar-refractivity contribution >= 4 is 36.7 Å². The number of imidazole rings is 1. The van der Waals surface area contributed by atoms with E-state index in [1.54, 1.807) is 24.3 Å². The molecule has 0 radical (unpaired) electrons. The highest BCUT2D eigenvalue weighted by atomic mass is 31.2. The molecule has 4 atom stereocenters. The average molecular weight is 777 g/mol. The number of nitrogens with one attached hydrogen (secondary N) is 2. The molecular weight excluding hydrogens is 743 g/mol. The van der Waals surface area contributed by atoms with Gasteiger partial charge in [-0.25, -0.2) is 24.3 Å². The Morgan fingerprint density at radius 2 is 1.60 bits per heavy atom. The van der Waals surface area contributed by atoms with Crippen molar-refractivity contribution < 1.29 is 63.1 Å². The SMILES string of the molecule is O=C(NCCCCNc1ncnc2c1ncn2[C@@H]1O[C@H](COP(=O)(O)O)[C@@H](O)[C@H]1O)c1ccc2c(c1)C(=O)OC21c2ccc(O)cc2Oc2cc(O)ccc21. The lowest BCUT2D eigenvalue weighted by atomic mass is 9.77. The number of aliphatic hydroxyl groups excluding tert-OH is 2. The number of phosphoric ester groups is 1. The molecule has 1 saturated heterocycles. The molecule has 19 nitrogen and oxygen atoms in total.